The molecule has 1 aromatic heterocycles. The molecule has 0 bridgehead atoms. The normalized spacial score (nSPS) is 10.6. The molecular formula is C18H16N2O4S. The standard InChI is InChI=1S/C18H16N2O4S/c1-24-13-7-12(11-5-3-2-4-6-11)8-14-18(13)20-16(25-14)9-15(21)19-10-17(22)23/h2-8H,9-10H2,1H3,(H,19,21)(H,22,23). The number of fused-ring (bicyclic) bond motifs is 1. The Morgan fingerprint density at radius 1 is 1.20 bits per heavy atom. The number of rotatable bonds is 6. The molecule has 0 aliphatic heterocycles. The first-order valence-electron chi connectivity index (χ1n) is 7.58. The number of benzene rings is 2. The first kappa shape index (κ1) is 16.9. The van der Waals surface area contributed by atoms with E-state index in [-0.39, 0.29) is 12.3 Å². The van der Waals surface area contributed by atoms with Crippen LogP contribution in [0.1, 0.15) is 5.01 Å². The van der Waals surface area contributed by atoms with Crippen molar-refractivity contribution in [1.29, 1.82) is 0 Å². The number of carboxylic acid groups (broad SMARTS) is 1. The number of hydrogen-bond acceptors (Lipinski definition) is 5. The minimum Gasteiger partial charge on any atom is -0.494 e. The van der Waals surface area contributed by atoms with Crippen molar-refractivity contribution in [3.8, 4) is 16.9 Å². The summed E-state index contributed by atoms with van der Waals surface area (Å²) in [6.07, 6.45) is 0.0381. The van der Waals surface area contributed by atoms with Gasteiger partial charge in [0.2, 0.25) is 5.91 Å². The van der Waals surface area contributed by atoms with Gasteiger partial charge < -0.3 is 15.2 Å². The lowest BCUT2D eigenvalue weighted by atomic mass is 10.1. The average Bonchev–Trinajstić information content (AvgIpc) is 3.02. The lowest BCUT2D eigenvalue weighted by Crippen LogP contribution is -2.30. The number of carbonyl (C=O) groups is 2. The van der Waals surface area contributed by atoms with E-state index in [1.165, 1.54) is 11.3 Å². The van der Waals surface area contributed by atoms with Gasteiger partial charge >= 0.3 is 5.97 Å². The minimum absolute atomic E-state index is 0.0381. The largest absolute Gasteiger partial charge is 0.494 e. The summed E-state index contributed by atoms with van der Waals surface area (Å²) in [5.74, 6) is -0.805. The summed E-state index contributed by atoms with van der Waals surface area (Å²) < 4.78 is 6.37. The summed E-state index contributed by atoms with van der Waals surface area (Å²) in [6, 6.07) is 13.9. The highest BCUT2D eigenvalue weighted by Crippen LogP contribution is 2.35. The van der Waals surface area contributed by atoms with Crippen LogP contribution in [0, 0.1) is 0 Å². The maximum Gasteiger partial charge on any atom is 0.322 e. The highest BCUT2D eigenvalue weighted by atomic mass is 32.1. The van der Waals surface area contributed by atoms with Gasteiger partial charge in [-0.2, -0.15) is 0 Å². The maximum atomic E-state index is 11.8. The second-order valence-corrected chi connectivity index (χ2v) is 6.46. The summed E-state index contributed by atoms with van der Waals surface area (Å²) in [5, 5.41) is 11.6. The maximum absolute atomic E-state index is 11.8. The van der Waals surface area contributed by atoms with Crippen LogP contribution >= 0.6 is 11.3 Å². The van der Waals surface area contributed by atoms with Crippen LogP contribution in [0.2, 0.25) is 0 Å². The van der Waals surface area contributed by atoms with Crippen LogP contribution in [-0.4, -0.2) is 35.6 Å². The summed E-state index contributed by atoms with van der Waals surface area (Å²) in [6.45, 7) is -0.398. The van der Waals surface area contributed by atoms with Crippen molar-refractivity contribution in [2.75, 3.05) is 13.7 Å². The second-order valence-electron chi connectivity index (χ2n) is 5.35. The van der Waals surface area contributed by atoms with Crippen LogP contribution in [0.4, 0.5) is 0 Å². The number of aromatic nitrogens is 1. The van der Waals surface area contributed by atoms with Crippen LogP contribution in [0.3, 0.4) is 0 Å². The summed E-state index contributed by atoms with van der Waals surface area (Å²) in [7, 11) is 1.59. The zero-order valence-electron chi connectivity index (χ0n) is 13.5. The lowest BCUT2D eigenvalue weighted by Gasteiger charge is -2.05. The predicted molar refractivity (Wildman–Crippen MR) is 96.0 cm³/mol. The Morgan fingerprint density at radius 3 is 2.64 bits per heavy atom. The SMILES string of the molecule is COc1cc(-c2ccccc2)cc2sc(CC(=O)NCC(=O)O)nc12. The third-order valence-corrected chi connectivity index (χ3v) is 4.58. The van der Waals surface area contributed by atoms with Crippen molar-refractivity contribution in [3.05, 3.63) is 47.5 Å². The molecule has 7 heteroatoms. The van der Waals surface area contributed by atoms with Gasteiger partial charge in [-0.15, -0.1) is 11.3 Å². The molecule has 0 fully saturated rings. The molecule has 0 aliphatic rings. The van der Waals surface area contributed by atoms with Crippen molar-refractivity contribution in [2.45, 2.75) is 6.42 Å². The number of thiazole rings is 1. The average molecular weight is 356 g/mol. The summed E-state index contributed by atoms with van der Waals surface area (Å²) in [4.78, 5) is 26.8. The van der Waals surface area contributed by atoms with Crippen LogP contribution in [-0.2, 0) is 16.0 Å². The van der Waals surface area contributed by atoms with E-state index in [0.717, 1.165) is 15.8 Å². The van der Waals surface area contributed by atoms with Gasteiger partial charge in [0.25, 0.3) is 0 Å². The van der Waals surface area contributed by atoms with E-state index in [9.17, 15) is 9.59 Å². The zero-order chi connectivity index (χ0) is 17.8. The molecule has 128 valence electrons. The molecule has 1 amide bonds. The van der Waals surface area contributed by atoms with Crippen LogP contribution in [0.25, 0.3) is 21.3 Å². The Morgan fingerprint density at radius 2 is 1.96 bits per heavy atom. The summed E-state index contributed by atoms with van der Waals surface area (Å²) in [5.41, 5.74) is 2.78. The van der Waals surface area contributed by atoms with Crippen LogP contribution in [0.5, 0.6) is 5.75 Å². The Balaban J connectivity index is 1.91. The van der Waals surface area contributed by atoms with E-state index < -0.39 is 12.5 Å². The van der Waals surface area contributed by atoms with E-state index in [1.807, 2.05) is 42.5 Å². The van der Waals surface area contributed by atoms with Gasteiger partial charge in [-0.05, 0) is 23.3 Å². The highest BCUT2D eigenvalue weighted by Gasteiger charge is 2.14. The van der Waals surface area contributed by atoms with Crippen LogP contribution < -0.4 is 10.1 Å². The molecule has 3 aromatic rings. The molecule has 0 saturated heterocycles. The molecule has 0 aliphatic carbocycles. The number of hydrogen-bond donors (Lipinski definition) is 2. The van der Waals surface area contributed by atoms with Gasteiger partial charge in [0.05, 0.1) is 18.2 Å². The number of carboxylic acids is 1. The molecule has 3 rings (SSSR count). The molecule has 6 nitrogen and oxygen atoms in total. The van der Waals surface area contributed by atoms with Crippen molar-refractivity contribution in [1.82, 2.24) is 10.3 Å². The molecule has 0 radical (unpaired) electrons. The monoisotopic (exact) mass is 356 g/mol. The number of methoxy groups -OCH3 is 1. The molecule has 1 heterocycles. The minimum atomic E-state index is -1.08. The smallest absolute Gasteiger partial charge is 0.322 e. The fraction of sp³-hybridized carbons (Fsp3) is 0.167. The van der Waals surface area contributed by atoms with Gasteiger partial charge in [0, 0.05) is 0 Å². The third-order valence-electron chi connectivity index (χ3n) is 3.58. The Bertz CT molecular complexity index is 921. The Kier molecular flexibility index (Phi) is 4.95. The van der Waals surface area contributed by atoms with Gasteiger partial charge in [-0.1, -0.05) is 30.3 Å². The van der Waals surface area contributed by atoms with Crippen molar-refractivity contribution < 1.29 is 19.4 Å². The van der Waals surface area contributed by atoms with E-state index in [4.69, 9.17) is 9.84 Å². The number of amides is 1. The third kappa shape index (κ3) is 3.95. The molecule has 0 spiro atoms. The Labute approximate surface area is 148 Å². The quantitative estimate of drug-likeness (QED) is 0.709. The van der Waals surface area contributed by atoms with Crippen molar-refractivity contribution in [2.24, 2.45) is 0 Å². The second kappa shape index (κ2) is 7.31. The lowest BCUT2D eigenvalue weighted by molar-refractivity contribution is -0.137. The predicted octanol–water partition coefficient (Wildman–Crippen LogP) is 2.72. The molecule has 2 N–H and O–H groups in total. The summed E-state index contributed by atoms with van der Waals surface area (Å²) >= 11 is 1.40. The first-order valence-corrected chi connectivity index (χ1v) is 8.40. The van der Waals surface area contributed by atoms with E-state index in [0.29, 0.717) is 16.3 Å². The van der Waals surface area contributed by atoms with Gasteiger partial charge in [-0.3, -0.25) is 9.59 Å². The molecule has 0 atom stereocenters. The zero-order valence-corrected chi connectivity index (χ0v) is 14.3. The van der Waals surface area contributed by atoms with Gasteiger partial charge in [0.15, 0.2) is 0 Å². The molecule has 0 unspecified atom stereocenters. The first-order chi connectivity index (χ1) is 12.1. The highest BCUT2D eigenvalue weighted by molar-refractivity contribution is 7.18. The number of aliphatic carboxylic acids is 1. The van der Waals surface area contributed by atoms with E-state index >= 15 is 0 Å². The van der Waals surface area contributed by atoms with E-state index in [1.54, 1.807) is 7.11 Å². The number of nitrogens with one attached hydrogen (secondary N) is 1. The Hall–Kier alpha value is -2.93. The van der Waals surface area contributed by atoms with Crippen LogP contribution in [0.15, 0.2) is 42.5 Å². The number of nitrogens with zero attached hydrogens (tertiary/aromatic N) is 1. The molecule has 2 aromatic carbocycles. The molecule has 25 heavy (non-hydrogen) atoms. The fourth-order valence-corrected chi connectivity index (χ4v) is 3.47. The van der Waals surface area contributed by atoms with E-state index in [2.05, 4.69) is 10.3 Å². The van der Waals surface area contributed by atoms with Gasteiger partial charge in [0.1, 0.15) is 22.8 Å². The van der Waals surface area contributed by atoms with Crippen molar-refractivity contribution >= 4 is 33.4 Å². The molecular weight excluding hydrogens is 340 g/mol. The topological polar surface area (TPSA) is 88.5 Å². The van der Waals surface area contributed by atoms with Gasteiger partial charge in [-0.25, -0.2) is 4.98 Å². The molecule has 0 saturated carbocycles. The number of ether oxygens (including phenoxy) is 1. The number of carbonyl (C=O) groups excluding carboxylic acids is 1. The fourth-order valence-electron chi connectivity index (χ4n) is 2.45. The van der Waals surface area contributed by atoms with Crippen molar-refractivity contribution in [3.63, 3.8) is 0 Å².